The summed E-state index contributed by atoms with van der Waals surface area (Å²) < 4.78 is 6.00. The molecule has 5 nitrogen and oxygen atoms in total. The number of unbranched alkanes of at least 4 members (excludes halogenated alkanes) is 2. The molecule has 0 aliphatic heterocycles. The number of hydrogen-bond acceptors (Lipinski definition) is 3. The topological polar surface area (TPSA) is 81.4 Å². The predicted octanol–water partition coefficient (Wildman–Crippen LogP) is 4.80. The largest absolute Gasteiger partial charge is 0.494 e. The molecule has 1 atom stereocenters. The lowest BCUT2D eigenvalue weighted by atomic mass is 9.82. The van der Waals surface area contributed by atoms with Gasteiger partial charge in [0, 0.05) is 12.8 Å². The Kier molecular flexibility index (Phi) is 7.83. The summed E-state index contributed by atoms with van der Waals surface area (Å²) in [7, 11) is 0. The molecule has 5 heteroatoms. The Balaban J connectivity index is 1.38. The van der Waals surface area contributed by atoms with Crippen molar-refractivity contribution in [3.05, 3.63) is 65.2 Å². The molecule has 3 rings (SSSR count). The highest BCUT2D eigenvalue weighted by molar-refractivity contribution is 5.86. The van der Waals surface area contributed by atoms with Crippen molar-refractivity contribution in [2.75, 3.05) is 6.61 Å². The minimum Gasteiger partial charge on any atom is -0.494 e. The lowest BCUT2D eigenvalue weighted by molar-refractivity contribution is -0.127. The molecule has 33 heavy (non-hydrogen) atoms. The van der Waals surface area contributed by atoms with E-state index in [-0.39, 0.29) is 16.7 Å². The number of rotatable bonds is 11. The third kappa shape index (κ3) is 6.59. The second kappa shape index (κ2) is 10.4. The minimum absolute atomic E-state index is 0.140. The van der Waals surface area contributed by atoms with Gasteiger partial charge < -0.3 is 15.8 Å². The molecule has 0 heterocycles. The van der Waals surface area contributed by atoms with Crippen LogP contribution in [0.5, 0.6) is 5.75 Å². The number of amides is 2. The summed E-state index contributed by atoms with van der Waals surface area (Å²) in [6.45, 7) is 9.85. The van der Waals surface area contributed by atoms with Crippen LogP contribution in [0.1, 0.15) is 76.5 Å². The van der Waals surface area contributed by atoms with E-state index in [0.717, 1.165) is 37.0 Å². The zero-order valence-electron chi connectivity index (χ0n) is 20.4. The molecule has 2 aromatic rings. The summed E-state index contributed by atoms with van der Waals surface area (Å²) in [6, 6.07) is 15.4. The molecule has 0 fully saturated rings. The second-order valence-corrected chi connectivity index (χ2v) is 10.5. The van der Waals surface area contributed by atoms with Crippen LogP contribution < -0.4 is 15.8 Å². The fraction of sp³-hybridized carbons (Fsp3) is 0.500. The summed E-state index contributed by atoms with van der Waals surface area (Å²) in [5.41, 5.74) is 9.62. The third-order valence-electron chi connectivity index (χ3n) is 6.61. The Morgan fingerprint density at radius 3 is 2.36 bits per heavy atom. The van der Waals surface area contributed by atoms with Crippen LogP contribution in [0, 0.1) is 0 Å². The summed E-state index contributed by atoms with van der Waals surface area (Å²) in [6.07, 6.45) is 4.44. The van der Waals surface area contributed by atoms with Crippen LogP contribution in [0.4, 0.5) is 0 Å². The second-order valence-electron chi connectivity index (χ2n) is 10.5. The Morgan fingerprint density at radius 1 is 0.970 bits per heavy atom. The molecule has 0 saturated heterocycles. The quantitative estimate of drug-likeness (QED) is 0.483. The van der Waals surface area contributed by atoms with E-state index in [1.54, 1.807) is 0 Å². The van der Waals surface area contributed by atoms with Crippen molar-refractivity contribution in [2.24, 2.45) is 5.73 Å². The van der Waals surface area contributed by atoms with Crippen molar-refractivity contribution in [1.82, 2.24) is 5.32 Å². The van der Waals surface area contributed by atoms with Gasteiger partial charge in [0.15, 0.2) is 0 Å². The van der Waals surface area contributed by atoms with Gasteiger partial charge in [0.1, 0.15) is 11.8 Å². The molecule has 0 saturated carbocycles. The van der Waals surface area contributed by atoms with Gasteiger partial charge in [-0.3, -0.25) is 9.59 Å². The van der Waals surface area contributed by atoms with E-state index >= 15 is 0 Å². The third-order valence-corrected chi connectivity index (χ3v) is 6.61. The minimum atomic E-state index is -0.683. The molecule has 178 valence electrons. The molecule has 1 aliphatic rings. The molecule has 0 aromatic heterocycles. The van der Waals surface area contributed by atoms with Crippen molar-refractivity contribution in [2.45, 2.75) is 83.1 Å². The lowest BCUT2D eigenvalue weighted by Gasteiger charge is -2.22. The van der Waals surface area contributed by atoms with E-state index in [1.165, 1.54) is 11.1 Å². The highest BCUT2D eigenvalue weighted by Crippen LogP contribution is 2.50. The Hall–Kier alpha value is -2.82. The summed E-state index contributed by atoms with van der Waals surface area (Å²) in [4.78, 5) is 24.0. The average molecular weight is 451 g/mol. The first-order valence-electron chi connectivity index (χ1n) is 12.0. The number of carbonyl (C=O) groups is 2. The number of ether oxygens (including phenoxy) is 1. The number of carbonyl (C=O) groups excluding carboxylic acids is 2. The highest BCUT2D eigenvalue weighted by Gasteiger charge is 2.41. The molecule has 0 radical (unpaired) electrons. The Morgan fingerprint density at radius 2 is 1.67 bits per heavy atom. The zero-order chi connectivity index (χ0) is 24.1. The number of benzene rings is 2. The first-order valence-corrected chi connectivity index (χ1v) is 12.0. The van der Waals surface area contributed by atoms with Crippen molar-refractivity contribution < 1.29 is 14.3 Å². The van der Waals surface area contributed by atoms with Gasteiger partial charge in [0.05, 0.1) is 6.61 Å². The van der Waals surface area contributed by atoms with Crippen LogP contribution in [0.3, 0.4) is 0 Å². The normalized spacial score (nSPS) is 16.6. The van der Waals surface area contributed by atoms with Gasteiger partial charge in [-0.15, -0.1) is 0 Å². The van der Waals surface area contributed by atoms with Gasteiger partial charge in [-0.1, -0.05) is 64.1 Å². The first-order chi connectivity index (χ1) is 15.6. The molecule has 1 aliphatic carbocycles. The molecular formula is C28H38N2O3. The van der Waals surface area contributed by atoms with Gasteiger partial charge in [-0.05, 0) is 65.3 Å². The van der Waals surface area contributed by atoms with Gasteiger partial charge in [-0.2, -0.15) is 0 Å². The predicted molar refractivity (Wildman–Crippen MR) is 132 cm³/mol. The van der Waals surface area contributed by atoms with Crippen LogP contribution >= 0.6 is 0 Å². The lowest BCUT2D eigenvalue weighted by Crippen LogP contribution is -2.45. The van der Waals surface area contributed by atoms with Crippen LogP contribution in [-0.4, -0.2) is 24.5 Å². The van der Waals surface area contributed by atoms with Crippen molar-refractivity contribution in [3.8, 4) is 5.75 Å². The average Bonchev–Trinajstić information content (AvgIpc) is 2.94. The van der Waals surface area contributed by atoms with E-state index in [0.29, 0.717) is 19.4 Å². The van der Waals surface area contributed by atoms with Gasteiger partial charge >= 0.3 is 0 Å². The maximum Gasteiger partial charge on any atom is 0.240 e. The number of hydrogen-bond donors (Lipinski definition) is 2. The molecular weight excluding hydrogens is 412 g/mol. The van der Waals surface area contributed by atoms with Crippen molar-refractivity contribution in [3.63, 3.8) is 0 Å². The molecule has 0 bridgehead atoms. The van der Waals surface area contributed by atoms with E-state index < -0.39 is 11.9 Å². The first kappa shape index (κ1) is 24.8. The maximum absolute atomic E-state index is 12.3. The summed E-state index contributed by atoms with van der Waals surface area (Å²) >= 11 is 0. The van der Waals surface area contributed by atoms with E-state index in [4.69, 9.17) is 10.5 Å². The van der Waals surface area contributed by atoms with E-state index in [2.05, 4.69) is 51.2 Å². The van der Waals surface area contributed by atoms with Crippen molar-refractivity contribution in [1.29, 1.82) is 0 Å². The standard InChI is InChI=1S/C28H38N2O3/c1-27(2)19-28(3,4)23-18-21(14-15-22(23)27)33-16-10-6-9-13-25(31)30-24(26(29)32)17-20-11-7-5-8-12-20/h5,7-8,11-12,14-15,18,24H,6,9-10,13,16-17,19H2,1-4H3,(H2,29,32)(H,30,31). The summed E-state index contributed by atoms with van der Waals surface area (Å²) in [5, 5.41) is 2.78. The van der Waals surface area contributed by atoms with Crippen LogP contribution in [0.2, 0.25) is 0 Å². The fourth-order valence-corrected chi connectivity index (χ4v) is 5.15. The molecule has 0 spiro atoms. The van der Waals surface area contributed by atoms with Crippen molar-refractivity contribution >= 4 is 11.8 Å². The maximum atomic E-state index is 12.3. The molecule has 1 unspecified atom stereocenters. The van der Waals surface area contributed by atoms with E-state index in [1.807, 2.05) is 30.3 Å². The van der Waals surface area contributed by atoms with Gasteiger partial charge in [0.25, 0.3) is 0 Å². The van der Waals surface area contributed by atoms with Gasteiger partial charge in [0.2, 0.25) is 11.8 Å². The Bertz CT molecular complexity index is 966. The zero-order valence-corrected chi connectivity index (χ0v) is 20.4. The van der Waals surface area contributed by atoms with Gasteiger partial charge in [-0.25, -0.2) is 0 Å². The highest BCUT2D eigenvalue weighted by atomic mass is 16.5. The molecule has 2 aromatic carbocycles. The number of primary amides is 1. The van der Waals surface area contributed by atoms with E-state index in [9.17, 15) is 9.59 Å². The smallest absolute Gasteiger partial charge is 0.240 e. The Labute approximate surface area is 198 Å². The fourth-order valence-electron chi connectivity index (χ4n) is 5.15. The molecule has 3 N–H and O–H groups in total. The van der Waals surface area contributed by atoms with Crippen LogP contribution in [0.25, 0.3) is 0 Å². The van der Waals surface area contributed by atoms with Crippen LogP contribution in [-0.2, 0) is 26.8 Å². The monoisotopic (exact) mass is 450 g/mol. The van der Waals surface area contributed by atoms with Crippen LogP contribution in [0.15, 0.2) is 48.5 Å². The summed E-state index contributed by atoms with van der Waals surface area (Å²) in [5.74, 6) is 0.267. The number of nitrogens with two attached hydrogens (primary N) is 1. The SMILES string of the molecule is CC1(C)CC(C)(C)c2cc(OCCCCCC(=O)NC(Cc3ccccc3)C(N)=O)ccc21. The number of nitrogens with one attached hydrogen (secondary N) is 1. The number of fused-ring (bicyclic) bond motifs is 1. The molecule has 2 amide bonds.